The highest BCUT2D eigenvalue weighted by atomic mass is 16.7. The summed E-state index contributed by atoms with van der Waals surface area (Å²) >= 11 is 0. The Hall–Kier alpha value is -1.06. The lowest BCUT2D eigenvalue weighted by Gasteiger charge is -2.13. The highest BCUT2D eigenvalue weighted by molar-refractivity contribution is 5.43. The van der Waals surface area contributed by atoms with Crippen LogP contribution in [0.4, 0.5) is 0 Å². The molecule has 0 heterocycles. The average molecular weight is 237 g/mol. The summed E-state index contributed by atoms with van der Waals surface area (Å²) in [4.78, 5) is 0. The number of benzene rings is 1. The number of aryl methyl sites for hydroxylation is 2. The molecule has 0 fully saturated rings. The molecule has 0 spiro atoms. The molecule has 0 atom stereocenters. The first-order chi connectivity index (χ1) is 8.19. The molecule has 3 nitrogen and oxygen atoms in total. The smallest absolute Gasteiger partial charge is 0.188 e. The quantitative estimate of drug-likeness (QED) is 0.584. The Morgan fingerprint density at radius 1 is 1.18 bits per heavy atom. The Labute approximate surface area is 104 Å². The molecule has 1 aromatic carbocycles. The summed E-state index contributed by atoms with van der Waals surface area (Å²) in [5, 5.41) is 3.40. The van der Waals surface area contributed by atoms with E-state index < -0.39 is 0 Å². The van der Waals surface area contributed by atoms with Crippen molar-refractivity contribution >= 4 is 0 Å². The molecule has 3 heteroatoms. The van der Waals surface area contributed by atoms with Gasteiger partial charge >= 0.3 is 0 Å². The van der Waals surface area contributed by atoms with Gasteiger partial charge in [0.1, 0.15) is 5.75 Å². The fourth-order valence-corrected chi connectivity index (χ4v) is 1.90. The van der Waals surface area contributed by atoms with Gasteiger partial charge in [-0.05, 0) is 43.5 Å². The van der Waals surface area contributed by atoms with E-state index in [1.807, 2.05) is 0 Å². The van der Waals surface area contributed by atoms with Crippen LogP contribution >= 0.6 is 0 Å². The van der Waals surface area contributed by atoms with E-state index in [2.05, 4.69) is 38.2 Å². The molecule has 0 saturated heterocycles. The minimum atomic E-state index is 0.301. The van der Waals surface area contributed by atoms with E-state index in [4.69, 9.17) is 9.47 Å². The first kappa shape index (κ1) is 14.0. The van der Waals surface area contributed by atoms with Crippen molar-refractivity contribution in [1.29, 1.82) is 0 Å². The molecule has 1 N–H and O–H groups in total. The highest BCUT2D eigenvalue weighted by Gasteiger charge is 2.06. The van der Waals surface area contributed by atoms with E-state index in [1.54, 1.807) is 7.11 Å². The van der Waals surface area contributed by atoms with Crippen LogP contribution in [0.2, 0.25) is 0 Å². The predicted octanol–water partition coefficient (Wildman–Crippen LogP) is 2.79. The van der Waals surface area contributed by atoms with Crippen LogP contribution in [0, 0.1) is 13.8 Å². The third-order valence-electron chi connectivity index (χ3n) is 2.60. The molecular weight excluding hydrogens is 214 g/mol. The van der Waals surface area contributed by atoms with Gasteiger partial charge in [0.25, 0.3) is 0 Å². The fourth-order valence-electron chi connectivity index (χ4n) is 1.90. The zero-order chi connectivity index (χ0) is 12.7. The molecule has 0 aliphatic carbocycles. The minimum Gasteiger partial charge on any atom is -0.467 e. The number of hydrogen-bond donors (Lipinski definition) is 1. The second-order valence-electron chi connectivity index (χ2n) is 4.29. The molecule has 96 valence electrons. The van der Waals surface area contributed by atoms with Crippen LogP contribution in [0.5, 0.6) is 5.75 Å². The Bertz CT molecular complexity index is 327. The van der Waals surface area contributed by atoms with Gasteiger partial charge in [-0.1, -0.05) is 19.1 Å². The number of nitrogens with one attached hydrogen (secondary N) is 1. The van der Waals surface area contributed by atoms with Crippen LogP contribution in [-0.4, -0.2) is 20.4 Å². The van der Waals surface area contributed by atoms with Gasteiger partial charge in [0.15, 0.2) is 6.79 Å². The maximum Gasteiger partial charge on any atom is 0.188 e. The second-order valence-corrected chi connectivity index (χ2v) is 4.29. The molecule has 0 bridgehead atoms. The van der Waals surface area contributed by atoms with Crippen LogP contribution in [0.25, 0.3) is 0 Å². The number of hydrogen-bond acceptors (Lipinski definition) is 3. The summed E-state index contributed by atoms with van der Waals surface area (Å²) in [6.07, 6.45) is 1.16. The Balaban J connectivity index is 2.71. The maximum atomic E-state index is 5.55. The monoisotopic (exact) mass is 237 g/mol. The van der Waals surface area contributed by atoms with Crippen molar-refractivity contribution in [2.45, 2.75) is 33.7 Å². The van der Waals surface area contributed by atoms with Crippen LogP contribution in [0.1, 0.15) is 30.0 Å². The summed E-state index contributed by atoms with van der Waals surface area (Å²) in [6, 6.07) is 4.33. The largest absolute Gasteiger partial charge is 0.467 e. The van der Waals surface area contributed by atoms with Gasteiger partial charge < -0.3 is 14.8 Å². The maximum absolute atomic E-state index is 5.55. The summed E-state index contributed by atoms with van der Waals surface area (Å²) in [5.74, 6) is 0.936. The first-order valence-electron chi connectivity index (χ1n) is 6.11. The second kappa shape index (κ2) is 7.30. The molecule has 17 heavy (non-hydrogen) atoms. The highest BCUT2D eigenvalue weighted by Crippen LogP contribution is 2.24. The molecule has 0 unspecified atom stereocenters. The third-order valence-corrected chi connectivity index (χ3v) is 2.60. The van der Waals surface area contributed by atoms with Gasteiger partial charge in [-0.2, -0.15) is 0 Å². The van der Waals surface area contributed by atoms with Crippen molar-refractivity contribution in [3.05, 3.63) is 28.8 Å². The van der Waals surface area contributed by atoms with Crippen LogP contribution in [-0.2, 0) is 11.3 Å². The lowest BCUT2D eigenvalue weighted by molar-refractivity contribution is 0.0501. The number of rotatable bonds is 7. The molecule has 0 aliphatic rings. The standard InChI is InChI=1S/C14H23NO2/c1-5-6-15-9-13-7-11(2)14(12(3)8-13)17-10-16-4/h7-8,15H,5-6,9-10H2,1-4H3. The van der Waals surface area contributed by atoms with Crippen molar-refractivity contribution < 1.29 is 9.47 Å². The van der Waals surface area contributed by atoms with Crippen LogP contribution < -0.4 is 10.1 Å². The van der Waals surface area contributed by atoms with E-state index in [0.29, 0.717) is 6.79 Å². The molecule has 0 saturated carbocycles. The molecule has 0 aromatic heterocycles. The van der Waals surface area contributed by atoms with Crippen molar-refractivity contribution in [3.8, 4) is 5.75 Å². The lowest BCUT2D eigenvalue weighted by Crippen LogP contribution is -2.14. The summed E-state index contributed by atoms with van der Waals surface area (Å²) in [6.45, 7) is 8.59. The molecule has 1 aromatic rings. The van der Waals surface area contributed by atoms with E-state index >= 15 is 0 Å². The normalized spacial score (nSPS) is 10.6. The fraction of sp³-hybridized carbons (Fsp3) is 0.571. The average Bonchev–Trinajstić information content (AvgIpc) is 2.28. The van der Waals surface area contributed by atoms with Crippen molar-refractivity contribution in [2.24, 2.45) is 0 Å². The molecule has 1 rings (SSSR count). The Morgan fingerprint density at radius 2 is 1.82 bits per heavy atom. The van der Waals surface area contributed by atoms with Gasteiger partial charge in [-0.15, -0.1) is 0 Å². The summed E-state index contributed by atoms with van der Waals surface area (Å²) < 4.78 is 10.5. The van der Waals surface area contributed by atoms with Crippen LogP contribution in [0.15, 0.2) is 12.1 Å². The van der Waals surface area contributed by atoms with E-state index in [0.717, 1.165) is 36.4 Å². The van der Waals surface area contributed by atoms with E-state index in [9.17, 15) is 0 Å². The zero-order valence-electron chi connectivity index (χ0n) is 11.3. The number of ether oxygens (including phenoxy) is 2. The van der Waals surface area contributed by atoms with E-state index in [-0.39, 0.29) is 0 Å². The van der Waals surface area contributed by atoms with Gasteiger partial charge in [-0.3, -0.25) is 0 Å². The Morgan fingerprint density at radius 3 is 2.35 bits per heavy atom. The van der Waals surface area contributed by atoms with Crippen molar-refractivity contribution in [2.75, 3.05) is 20.4 Å². The minimum absolute atomic E-state index is 0.301. The van der Waals surface area contributed by atoms with Crippen molar-refractivity contribution in [3.63, 3.8) is 0 Å². The van der Waals surface area contributed by atoms with Gasteiger partial charge in [0.2, 0.25) is 0 Å². The SMILES string of the molecule is CCCNCc1cc(C)c(OCOC)c(C)c1. The van der Waals surface area contributed by atoms with E-state index in [1.165, 1.54) is 5.56 Å². The molecule has 0 aliphatic heterocycles. The zero-order valence-corrected chi connectivity index (χ0v) is 11.3. The summed E-state index contributed by atoms with van der Waals surface area (Å²) in [7, 11) is 1.63. The third kappa shape index (κ3) is 4.36. The molecule has 0 amide bonds. The summed E-state index contributed by atoms with van der Waals surface area (Å²) in [5.41, 5.74) is 3.63. The van der Waals surface area contributed by atoms with Crippen LogP contribution in [0.3, 0.4) is 0 Å². The first-order valence-corrected chi connectivity index (χ1v) is 6.11. The lowest BCUT2D eigenvalue weighted by atomic mass is 10.1. The topological polar surface area (TPSA) is 30.5 Å². The molecular formula is C14H23NO2. The molecule has 0 radical (unpaired) electrons. The Kier molecular flexibility index (Phi) is 6.01. The van der Waals surface area contributed by atoms with Gasteiger partial charge in [0, 0.05) is 13.7 Å². The van der Waals surface area contributed by atoms with Gasteiger partial charge in [0.05, 0.1) is 0 Å². The van der Waals surface area contributed by atoms with Gasteiger partial charge in [-0.25, -0.2) is 0 Å². The van der Waals surface area contributed by atoms with Crippen molar-refractivity contribution in [1.82, 2.24) is 5.32 Å². The number of methoxy groups -OCH3 is 1. The predicted molar refractivity (Wildman–Crippen MR) is 70.4 cm³/mol.